The molecule has 1 aliphatic rings. The highest BCUT2D eigenvalue weighted by Gasteiger charge is 2.18. The summed E-state index contributed by atoms with van der Waals surface area (Å²) < 4.78 is 5.77. The van der Waals surface area contributed by atoms with E-state index in [1.165, 1.54) is 27.5 Å². The minimum absolute atomic E-state index is 0.0543. The summed E-state index contributed by atoms with van der Waals surface area (Å²) in [6.45, 7) is 4.08. The van der Waals surface area contributed by atoms with Crippen molar-refractivity contribution in [3.8, 4) is 5.75 Å². The van der Waals surface area contributed by atoms with Crippen LogP contribution in [-0.2, 0) is 12.2 Å². The number of fused-ring (bicyclic) bond motifs is 1. The Bertz CT molecular complexity index is 598. The summed E-state index contributed by atoms with van der Waals surface area (Å²) >= 11 is 3.89. The van der Waals surface area contributed by atoms with Crippen LogP contribution in [0.15, 0.2) is 30.3 Å². The molecule has 0 fully saturated rings. The molecule has 0 aliphatic carbocycles. The maximum atomic E-state index is 6.48. The smallest absolute Gasteiger partial charge is 0.120 e. The molecular formula is C17H21NOS2. The lowest BCUT2D eigenvalue weighted by Crippen LogP contribution is -2.11. The van der Waals surface area contributed by atoms with E-state index in [4.69, 9.17) is 10.5 Å². The van der Waals surface area contributed by atoms with Crippen molar-refractivity contribution in [1.82, 2.24) is 0 Å². The zero-order chi connectivity index (χ0) is 14.8. The Balaban J connectivity index is 1.84. The summed E-state index contributed by atoms with van der Waals surface area (Å²) in [7, 11) is 0. The Morgan fingerprint density at radius 1 is 1.24 bits per heavy atom. The molecule has 1 aliphatic heterocycles. The maximum absolute atomic E-state index is 6.48. The van der Waals surface area contributed by atoms with Crippen LogP contribution in [0.4, 0.5) is 0 Å². The fourth-order valence-corrected chi connectivity index (χ4v) is 4.95. The minimum Gasteiger partial charge on any atom is -0.491 e. The molecular weight excluding hydrogens is 298 g/mol. The Kier molecular flexibility index (Phi) is 4.57. The third kappa shape index (κ3) is 3.44. The van der Waals surface area contributed by atoms with E-state index in [2.05, 4.69) is 18.2 Å². The number of benzene rings is 1. The third-order valence-electron chi connectivity index (χ3n) is 3.54. The van der Waals surface area contributed by atoms with Crippen LogP contribution in [0.25, 0.3) is 0 Å². The van der Waals surface area contributed by atoms with Crippen LogP contribution in [0.2, 0.25) is 0 Å². The normalized spacial score (nSPS) is 15.8. The average molecular weight is 319 g/mol. The fourth-order valence-electron chi connectivity index (χ4n) is 2.54. The number of nitrogens with two attached hydrogens (primary N) is 1. The van der Waals surface area contributed by atoms with Gasteiger partial charge in [0.15, 0.2) is 0 Å². The molecule has 2 N–H and O–H groups in total. The molecule has 0 spiro atoms. The topological polar surface area (TPSA) is 35.2 Å². The summed E-state index contributed by atoms with van der Waals surface area (Å²) in [6.07, 6.45) is 1.37. The lowest BCUT2D eigenvalue weighted by molar-refractivity contribution is 0.242. The van der Waals surface area contributed by atoms with Gasteiger partial charge in [-0.2, -0.15) is 11.8 Å². The number of hydrogen-bond acceptors (Lipinski definition) is 4. The van der Waals surface area contributed by atoms with E-state index in [1.54, 1.807) is 0 Å². The Hall–Kier alpha value is -0.970. The van der Waals surface area contributed by atoms with E-state index in [1.807, 2.05) is 49.1 Å². The van der Waals surface area contributed by atoms with Gasteiger partial charge in [0.2, 0.25) is 0 Å². The molecule has 3 rings (SSSR count). The zero-order valence-electron chi connectivity index (χ0n) is 12.5. The largest absolute Gasteiger partial charge is 0.491 e. The Morgan fingerprint density at radius 2 is 2.10 bits per heavy atom. The SMILES string of the molecule is CC(C)Oc1cccc(C(N)c2cc3c(s2)CCSC3)c1. The first kappa shape index (κ1) is 14.9. The molecule has 1 unspecified atom stereocenters. The predicted octanol–water partition coefficient (Wildman–Crippen LogP) is 4.37. The maximum Gasteiger partial charge on any atom is 0.120 e. The number of rotatable bonds is 4. The molecule has 2 heterocycles. The summed E-state index contributed by atoms with van der Waals surface area (Å²) in [5.74, 6) is 3.27. The number of aryl methyl sites for hydroxylation is 1. The quantitative estimate of drug-likeness (QED) is 0.908. The minimum atomic E-state index is -0.0543. The van der Waals surface area contributed by atoms with Crippen LogP contribution >= 0.6 is 23.1 Å². The molecule has 0 bridgehead atoms. The number of ether oxygens (including phenoxy) is 1. The molecule has 0 saturated carbocycles. The molecule has 112 valence electrons. The van der Waals surface area contributed by atoms with Crippen LogP contribution in [-0.4, -0.2) is 11.9 Å². The van der Waals surface area contributed by atoms with Gasteiger partial charge in [-0.1, -0.05) is 12.1 Å². The van der Waals surface area contributed by atoms with Crippen molar-refractivity contribution >= 4 is 23.1 Å². The van der Waals surface area contributed by atoms with Gasteiger partial charge >= 0.3 is 0 Å². The van der Waals surface area contributed by atoms with Gasteiger partial charge in [-0.25, -0.2) is 0 Å². The zero-order valence-corrected chi connectivity index (χ0v) is 14.1. The van der Waals surface area contributed by atoms with E-state index < -0.39 is 0 Å². The lowest BCUT2D eigenvalue weighted by Gasteiger charge is -2.14. The fraction of sp³-hybridized carbons (Fsp3) is 0.412. The summed E-state index contributed by atoms with van der Waals surface area (Å²) in [4.78, 5) is 2.79. The predicted molar refractivity (Wildman–Crippen MR) is 92.4 cm³/mol. The molecule has 1 aromatic carbocycles. The second kappa shape index (κ2) is 6.42. The highest BCUT2D eigenvalue weighted by atomic mass is 32.2. The molecule has 0 radical (unpaired) electrons. The second-order valence-electron chi connectivity index (χ2n) is 5.62. The van der Waals surface area contributed by atoms with Crippen molar-refractivity contribution in [2.45, 2.75) is 38.2 Å². The molecule has 2 nitrogen and oxygen atoms in total. The Labute approximate surface area is 134 Å². The first-order valence-corrected chi connectivity index (χ1v) is 9.32. The molecule has 2 aromatic rings. The Morgan fingerprint density at radius 3 is 2.86 bits per heavy atom. The van der Waals surface area contributed by atoms with E-state index in [0.29, 0.717) is 0 Å². The van der Waals surface area contributed by atoms with Crippen LogP contribution in [0.1, 0.15) is 40.8 Å². The highest BCUT2D eigenvalue weighted by Crippen LogP contribution is 2.36. The van der Waals surface area contributed by atoms with Crippen molar-refractivity contribution in [3.63, 3.8) is 0 Å². The van der Waals surface area contributed by atoms with Gasteiger partial charge in [0.05, 0.1) is 12.1 Å². The van der Waals surface area contributed by atoms with Gasteiger partial charge in [0.1, 0.15) is 5.75 Å². The summed E-state index contributed by atoms with van der Waals surface area (Å²) in [5.41, 5.74) is 9.08. The van der Waals surface area contributed by atoms with Crippen molar-refractivity contribution in [1.29, 1.82) is 0 Å². The van der Waals surface area contributed by atoms with Crippen molar-refractivity contribution in [3.05, 3.63) is 51.2 Å². The molecule has 0 amide bonds. The van der Waals surface area contributed by atoms with Gasteiger partial charge in [0, 0.05) is 15.5 Å². The standard InChI is InChI=1S/C17H21NOS2/c1-11(2)19-14-5-3-4-12(8-14)17(18)16-9-13-10-20-7-6-15(13)21-16/h3-5,8-9,11,17H,6-7,10,18H2,1-2H3. The van der Waals surface area contributed by atoms with Gasteiger partial charge in [0.25, 0.3) is 0 Å². The number of thioether (sulfide) groups is 1. The van der Waals surface area contributed by atoms with E-state index >= 15 is 0 Å². The second-order valence-corrected chi connectivity index (χ2v) is 7.89. The summed E-state index contributed by atoms with van der Waals surface area (Å²) in [5, 5.41) is 0. The van der Waals surface area contributed by atoms with E-state index in [9.17, 15) is 0 Å². The van der Waals surface area contributed by atoms with E-state index in [-0.39, 0.29) is 12.1 Å². The van der Waals surface area contributed by atoms with Gasteiger partial charge < -0.3 is 10.5 Å². The van der Waals surface area contributed by atoms with Crippen molar-refractivity contribution < 1.29 is 4.74 Å². The highest BCUT2D eigenvalue weighted by molar-refractivity contribution is 7.98. The molecule has 4 heteroatoms. The van der Waals surface area contributed by atoms with Gasteiger partial charge in [-0.3, -0.25) is 0 Å². The third-order valence-corrected chi connectivity index (χ3v) is 5.87. The summed E-state index contributed by atoms with van der Waals surface area (Å²) in [6, 6.07) is 10.4. The van der Waals surface area contributed by atoms with Crippen LogP contribution in [0.3, 0.4) is 0 Å². The van der Waals surface area contributed by atoms with Crippen LogP contribution in [0, 0.1) is 0 Å². The molecule has 0 saturated heterocycles. The molecule has 1 atom stereocenters. The first-order valence-electron chi connectivity index (χ1n) is 7.35. The lowest BCUT2D eigenvalue weighted by atomic mass is 10.1. The number of thiophene rings is 1. The van der Waals surface area contributed by atoms with Gasteiger partial charge in [-0.15, -0.1) is 11.3 Å². The molecule has 21 heavy (non-hydrogen) atoms. The molecule has 1 aromatic heterocycles. The first-order chi connectivity index (χ1) is 10.1. The average Bonchev–Trinajstić information content (AvgIpc) is 2.90. The van der Waals surface area contributed by atoms with Gasteiger partial charge in [-0.05, 0) is 55.3 Å². The monoisotopic (exact) mass is 319 g/mol. The van der Waals surface area contributed by atoms with Crippen LogP contribution in [0.5, 0.6) is 5.75 Å². The van der Waals surface area contributed by atoms with Crippen LogP contribution < -0.4 is 10.5 Å². The van der Waals surface area contributed by atoms with E-state index in [0.717, 1.165) is 17.1 Å². The number of hydrogen-bond donors (Lipinski definition) is 1. The van der Waals surface area contributed by atoms with Crippen molar-refractivity contribution in [2.24, 2.45) is 5.73 Å². The van der Waals surface area contributed by atoms with Crippen molar-refractivity contribution in [2.75, 3.05) is 5.75 Å².